The molecule has 1 unspecified atom stereocenters. The summed E-state index contributed by atoms with van der Waals surface area (Å²) in [5.41, 5.74) is 0.968. The van der Waals surface area contributed by atoms with Crippen molar-refractivity contribution in [3.05, 3.63) is 87.9 Å². The molecular weight excluding hydrogens is 472 g/mol. The van der Waals surface area contributed by atoms with Gasteiger partial charge in [-0.05, 0) is 48.0 Å². The quantitative estimate of drug-likeness (QED) is 0.305. The van der Waals surface area contributed by atoms with Crippen molar-refractivity contribution < 1.29 is 29.3 Å². The summed E-state index contributed by atoms with van der Waals surface area (Å²) in [6.07, 6.45) is 0. The minimum atomic E-state index is -1.08. The van der Waals surface area contributed by atoms with E-state index in [1.165, 1.54) is 67.7 Å². The van der Waals surface area contributed by atoms with Gasteiger partial charge in [-0.2, -0.15) is 5.26 Å². The first-order valence-electron chi connectivity index (χ1n) is 10.3. The molecule has 1 saturated heterocycles. The van der Waals surface area contributed by atoms with Gasteiger partial charge < -0.3 is 19.7 Å². The van der Waals surface area contributed by atoms with Crippen LogP contribution in [0.1, 0.15) is 22.7 Å². The summed E-state index contributed by atoms with van der Waals surface area (Å²) in [5, 5.41) is 30.8. The summed E-state index contributed by atoms with van der Waals surface area (Å²) in [7, 11) is 2.77. The zero-order valence-corrected chi connectivity index (χ0v) is 19.4. The molecule has 1 atom stereocenters. The third kappa shape index (κ3) is 4.14. The number of methoxy groups -OCH3 is 2. The van der Waals surface area contributed by atoms with Crippen LogP contribution in [0.3, 0.4) is 0 Å². The molecule has 0 radical (unpaired) electrons. The number of aliphatic hydroxyl groups excluding tert-OH is 1. The van der Waals surface area contributed by atoms with E-state index in [2.05, 4.69) is 0 Å². The van der Waals surface area contributed by atoms with E-state index in [1.807, 2.05) is 6.07 Å². The van der Waals surface area contributed by atoms with E-state index < -0.39 is 23.5 Å². The molecule has 0 spiro atoms. The molecule has 1 heterocycles. The Morgan fingerprint density at radius 1 is 1.03 bits per heavy atom. The smallest absolute Gasteiger partial charge is 0.300 e. The van der Waals surface area contributed by atoms with Crippen LogP contribution in [0, 0.1) is 11.3 Å². The molecule has 1 amide bonds. The number of aromatic hydroxyl groups is 1. The molecule has 9 heteroatoms. The number of ether oxygens (including phenoxy) is 2. The highest BCUT2D eigenvalue weighted by Gasteiger charge is 2.47. The Bertz CT molecular complexity index is 1410. The fourth-order valence-corrected chi connectivity index (χ4v) is 4.23. The van der Waals surface area contributed by atoms with Gasteiger partial charge in [0.2, 0.25) is 0 Å². The van der Waals surface area contributed by atoms with Crippen molar-refractivity contribution in [3.8, 4) is 23.3 Å². The number of phenols is 1. The molecule has 0 aromatic heterocycles. The SMILES string of the molecule is COc1cc(/C(O)=C2\C(=O)C(=O)N(c3ccc(C#N)cc3)C2c2cccc(O)c2)c(OC)cc1Cl. The van der Waals surface area contributed by atoms with Crippen molar-refractivity contribution >= 4 is 34.7 Å². The van der Waals surface area contributed by atoms with Gasteiger partial charge in [-0.3, -0.25) is 14.5 Å². The Morgan fingerprint density at radius 3 is 2.31 bits per heavy atom. The van der Waals surface area contributed by atoms with Crippen LogP contribution in [-0.2, 0) is 9.59 Å². The molecule has 1 fully saturated rings. The standard InChI is InChI=1S/C26H19ClN2O6/c1-34-20-12-19(27)21(35-2)11-18(20)24(31)22-23(15-4-3-5-17(30)10-15)29(26(33)25(22)32)16-8-6-14(13-28)7-9-16/h3-12,23,30-31H,1-2H3/b24-22+. The number of ketones is 1. The number of nitriles is 1. The Balaban J connectivity index is 1.99. The van der Waals surface area contributed by atoms with E-state index in [0.29, 0.717) is 16.8 Å². The van der Waals surface area contributed by atoms with Crippen LogP contribution in [0.25, 0.3) is 5.76 Å². The Hall–Kier alpha value is -4.48. The van der Waals surface area contributed by atoms with Crippen LogP contribution >= 0.6 is 11.6 Å². The van der Waals surface area contributed by atoms with Gasteiger partial charge >= 0.3 is 0 Å². The van der Waals surface area contributed by atoms with Crippen molar-refractivity contribution in [1.82, 2.24) is 0 Å². The van der Waals surface area contributed by atoms with E-state index in [1.54, 1.807) is 12.1 Å². The van der Waals surface area contributed by atoms with Gasteiger partial charge in [-0.15, -0.1) is 0 Å². The zero-order valence-electron chi connectivity index (χ0n) is 18.7. The fourth-order valence-electron chi connectivity index (χ4n) is 4.00. The number of amides is 1. The van der Waals surface area contributed by atoms with Crippen molar-refractivity contribution in [2.45, 2.75) is 6.04 Å². The highest BCUT2D eigenvalue weighted by atomic mass is 35.5. The number of halogens is 1. The van der Waals surface area contributed by atoms with Gasteiger partial charge in [0, 0.05) is 11.8 Å². The van der Waals surface area contributed by atoms with Crippen molar-refractivity contribution in [3.63, 3.8) is 0 Å². The molecule has 0 aliphatic carbocycles. The second-order valence-corrected chi connectivity index (χ2v) is 8.02. The number of nitrogens with zero attached hydrogens (tertiary/aromatic N) is 2. The van der Waals surface area contributed by atoms with Gasteiger partial charge in [-0.25, -0.2) is 0 Å². The fraction of sp³-hybridized carbons (Fsp3) is 0.115. The number of aliphatic hydroxyl groups is 1. The van der Waals surface area contributed by atoms with E-state index in [4.69, 9.17) is 26.3 Å². The average Bonchev–Trinajstić information content (AvgIpc) is 3.13. The van der Waals surface area contributed by atoms with Gasteiger partial charge in [0.1, 0.15) is 23.0 Å². The Morgan fingerprint density at radius 2 is 1.71 bits per heavy atom. The molecule has 3 aromatic carbocycles. The number of rotatable bonds is 5. The van der Waals surface area contributed by atoms with E-state index >= 15 is 0 Å². The topological polar surface area (TPSA) is 120 Å². The van der Waals surface area contributed by atoms with Crippen LogP contribution in [0.15, 0.2) is 66.2 Å². The first-order valence-corrected chi connectivity index (χ1v) is 10.7. The third-order valence-corrected chi connectivity index (χ3v) is 5.93. The van der Waals surface area contributed by atoms with Gasteiger partial charge in [0.25, 0.3) is 11.7 Å². The molecule has 3 aromatic rings. The molecular formula is C26H19ClN2O6. The lowest BCUT2D eigenvalue weighted by Gasteiger charge is -2.25. The van der Waals surface area contributed by atoms with Gasteiger partial charge in [-0.1, -0.05) is 23.7 Å². The lowest BCUT2D eigenvalue weighted by Crippen LogP contribution is -2.29. The van der Waals surface area contributed by atoms with Crippen LogP contribution in [0.2, 0.25) is 5.02 Å². The third-order valence-electron chi connectivity index (χ3n) is 5.63. The molecule has 35 heavy (non-hydrogen) atoms. The zero-order chi connectivity index (χ0) is 25.3. The second-order valence-electron chi connectivity index (χ2n) is 7.61. The van der Waals surface area contributed by atoms with Crippen molar-refractivity contribution in [2.75, 3.05) is 19.1 Å². The molecule has 4 rings (SSSR count). The van der Waals surface area contributed by atoms with Crippen LogP contribution in [-0.4, -0.2) is 36.1 Å². The summed E-state index contributed by atoms with van der Waals surface area (Å²) >= 11 is 6.18. The molecule has 8 nitrogen and oxygen atoms in total. The summed E-state index contributed by atoms with van der Waals surface area (Å²) in [6.45, 7) is 0. The van der Waals surface area contributed by atoms with Crippen molar-refractivity contribution in [1.29, 1.82) is 5.26 Å². The number of hydrogen-bond donors (Lipinski definition) is 2. The summed E-state index contributed by atoms with van der Waals surface area (Å²) < 4.78 is 10.6. The molecule has 1 aliphatic rings. The normalized spacial score (nSPS) is 16.7. The number of benzene rings is 3. The number of carbonyl (C=O) groups is 2. The molecule has 2 N–H and O–H groups in total. The largest absolute Gasteiger partial charge is 0.508 e. The minimum Gasteiger partial charge on any atom is -0.508 e. The highest BCUT2D eigenvalue weighted by Crippen LogP contribution is 2.45. The maximum absolute atomic E-state index is 13.3. The maximum Gasteiger partial charge on any atom is 0.300 e. The molecule has 0 saturated carbocycles. The number of anilines is 1. The minimum absolute atomic E-state index is 0.0846. The summed E-state index contributed by atoms with van der Waals surface area (Å²) in [4.78, 5) is 27.7. The highest BCUT2D eigenvalue weighted by molar-refractivity contribution is 6.51. The lowest BCUT2D eigenvalue weighted by atomic mass is 9.94. The number of hydrogen-bond acceptors (Lipinski definition) is 7. The Kier molecular flexibility index (Phi) is 6.36. The average molecular weight is 491 g/mol. The van der Waals surface area contributed by atoms with Crippen LogP contribution < -0.4 is 14.4 Å². The van der Waals surface area contributed by atoms with Gasteiger partial charge in [0.15, 0.2) is 0 Å². The first-order chi connectivity index (χ1) is 16.8. The summed E-state index contributed by atoms with van der Waals surface area (Å²) in [6, 6.07) is 15.9. The van der Waals surface area contributed by atoms with E-state index in [0.717, 1.165) is 0 Å². The molecule has 0 bridgehead atoms. The predicted octanol–water partition coefficient (Wildman–Crippen LogP) is 4.56. The predicted molar refractivity (Wildman–Crippen MR) is 129 cm³/mol. The van der Waals surface area contributed by atoms with Crippen LogP contribution in [0.5, 0.6) is 17.2 Å². The monoisotopic (exact) mass is 490 g/mol. The summed E-state index contributed by atoms with van der Waals surface area (Å²) in [5.74, 6) is -2.02. The number of carbonyl (C=O) groups excluding carboxylic acids is 2. The maximum atomic E-state index is 13.3. The second kappa shape index (κ2) is 9.41. The van der Waals surface area contributed by atoms with Crippen molar-refractivity contribution in [2.24, 2.45) is 0 Å². The Labute approximate surface area is 205 Å². The molecule has 176 valence electrons. The van der Waals surface area contributed by atoms with Gasteiger partial charge in [0.05, 0.1) is 48.1 Å². The van der Waals surface area contributed by atoms with E-state index in [-0.39, 0.29) is 33.4 Å². The number of phenolic OH excluding ortho intramolecular Hbond substituents is 1. The number of Topliss-reactive ketones (excluding diaryl/α,β-unsaturated/α-hetero) is 1. The first kappa shape index (κ1) is 23.7. The van der Waals surface area contributed by atoms with Crippen LogP contribution in [0.4, 0.5) is 5.69 Å². The lowest BCUT2D eigenvalue weighted by molar-refractivity contribution is -0.132. The molecule has 1 aliphatic heterocycles. The van der Waals surface area contributed by atoms with E-state index in [9.17, 15) is 19.8 Å².